The lowest BCUT2D eigenvalue weighted by atomic mass is 9.91. The van der Waals surface area contributed by atoms with Crippen molar-refractivity contribution in [2.45, 2.75) is 20.8 Å². The Morgan fingerprint density at radius 2 is 1.47 bits per heavy atom. The summed E-state index contributed by atoms with van der Waals surface area (Å²) in [4.78, 5) is 0. The molecule has 0 bridgehead atoms. The van der Waals surface area contributed by atoms with Gasteiger partial charge in [-0.05, 0) is 53.4 Å². The topological polar surface area (TPSA) is 0 Å². The van der Waals surface area contributed by atoms with E-state index >= 15 is 0 Å². The first-order valence-corrected chi connectivity index (χ1v) is 6.76. The van der Waals surface area contributed by atoms with E-state index in [2.05, 4.69) is 75.4 Å². The number of fused-ring (bicyclic) bond motifs is 3. The number of benzene rings is 3. The molecule has 0 N–H and O–H groups in total. The molecule has 0 nitrogen and oxygen atoms in total. The van der Waals surface area contributed by atoms with Crippen molar-refractivity contribution >= 4 is 27.6 Å². The second kappa shape index (κ2) is 4.55. The normalized spacial score (nSPS) is 11.7. The molecule has 0 spiro atoms. The third kappa shape index (κ3) is 1.84. The minimum absolute atomic E-state index is 1.31. The highest BCUT2D eigenvalue weighted by atomic mass is 14.1. The molecule has 0 saturated carbocycles. The summed E-state index contributed by atoms with van der Waals surface area (Å²) in [5.74, 6) is 0. The second-order valence-corrected chi connectivity index (χ2v) is 5.13. The summed E-state index contributed by atoms with van der Waals surface area (Å²) >= 11 is 0. The lowest BCUT2D eigenvalue weighted by molar-refractivity contribution is 1.48. The lowest BCUT2D eigenvalue weighted by Gasteiger charge is -2.13. The van der Waals surface area contributed by atoms with Gasteiger partial charge >= 0.3 is 0 Å². The Labute approximate surface area is 114 Å². The van der Waals surface area contributed by atoms with Crippen LogP contribution in [0.1, 0.15) is 23.6 Å². The number of aryl methyl sites for hydroxylation is 2. The molecule has 3 rings (SSSR count). The molecule has 19 heavy (non-hydrogen) atoms. The zero-order valence-corrected chi connectivity index (χ0v) is 11.7. The van der Waals surface area contributed by atoms with Gasteiger partial charge in [0.2, 0.25) is 0 Å². The van der Waals surface area contributed by atoms with Gasteiger partial charge in [-0.2, -0.15) is 0 Å². The maximum absolute atomic E-state index is 2.30. The first-order valence-electron chi connectivity index (χ1n) is 6.76. The van der Waals surface area contributed by atoms with Gasteiger partial charge in [-0.3, -0.25) is 0 Å². The fourth-order valence-electron chi connectivity index (χ4n) is 2.89. The third-order valence-corrected chi connectivity index (χ3v) is 3.82. The van der Waals surface area contributed by atoms with E-state index in [0.29, 0.717) is 0 Å². The number of hydrogen-bond donors (Lipinski definition) is 0. The summed E-state index contributed by atoms with van der Waals surface area (Å²) in [5.41, 5.74) is 4.03. The SMILES string of the molecule is C/C=C\c1c(C)c2ccccc2c2ccc(C)cc12. The van der Waals surface area contributed by atoms with Crippen LogP contribution in [0.3, 0.4) is 0 Å². The standard InChI is InChI=1S/C19H18/c1-4-7-15-14(3)16-8-5-6-9-17(16)18-11-10-13(2)12-19(15)18/h4-12H,1-3H3/b7-4-. The Bertz CT molecular complexity index is 792. The van der Waals surface area contributed by atoms with Gasteiger partial charge in [0.25, 0.3) is 0 Å². The molecule has 3 aromatic rings. The van der Waals surface area contributed by atoms with Crippen molar-refractivity contribution in [1.82, 2.24) is 0 Å². The van der Waals surface area contributed by atoms with Crippen LogP contribution in [0, 0.1) is 13.8 Å². The van der Waals surface area contributed by atoms with Crippen molar-refractivity contribution in [3.05, 3.63) is 65.2 Å². The molecule has 3 aromatic carbocycles. The summed E-state index contributed by atoms with van der Waals surface area (Å²) < 4.78 is 0. The van der Waals surface area contributed by atoms with Gasteiger partial charge in [0.15, 0.2) is 0 Å². The molecule has 0 fully saturated rings. The fraction of sp³-hybridized carbons (Fsp3) is 0.158. The fourth-order valence-corrected chi connectivity index (χ4v) is 2.89. The summed E-state index contributed by atoms with van der Waals surface area (Å²) in [6.45, 7) is 6.46. The Morgan fingerprint density at radius 3 is 2.21 bits per heavy atom. The van der Waals surface area contributed by atoms with Crippen LogP contribution in [0.15, 0.2) is 48.5 Å². The first-order chi connectivity index (χ1) is 9.22. The highest BCUT2D eigenvalue weighted by Crippen LogP contribution is 2.33. The summed E-state index contributed by atoms with van der Waals surface area (Å²) in [6.07, 6.45) is 4.35. The molecular weight excluding hydrogens is 228 g/mol. The molecular formula is C19H18. The smallest absolute Gasteiger partial charge is 0.00990 e. The van der Waals surface area contributed by atoms with Crippen LogP contribution < -0.4 is 0 Å². The van der Waals surface area contributed by atoms with Crippen molar-refractivity contribution in [3.8, 4) is 0 Å². The van der Waals surface area contributed by atoms with E-state index in [4.69, 9.17) is 0 Å². The van der Waals surface area contributed by atoms with Crippen LogP contribution in [-0.4, -0.2) is 0 Å². The molecule has 0 radical (unpaired) electrons. The molecule has 0 heterocycles. The molecule has 94 valence electrons. The highest BCUT2D eigenvalue weighted by Gasteiger charge is 2.09. The van der Waals surface area contributed by atoms with E-state index < -0.39 is 0 Å². The summed E-state index contributed by atoms with van der Waals surface area (Å²) in [6, 6.07) is 15.4. The van der Waals surface area contributed by atoms with E-state index in [0.717, 1.165) is 0 Å². The van der Waals surface area contributed by atoms with Crippen molar-refractivity contribution < 1.29 is 0 Å². The monoisotopic (exact) mass is 246 g/mol. The number of hydrogen-bond acceptors (Lipinski definition) is 0. The van der Waals surface area contributed by atoms with Crippen molar-refractivity contribution in [3.63, 3.8) is 0 Å². The Hall–Kier alpha value is -2.08. The summed E-state index contributed by atoms with van der Waals surface area (Å²) in [7, 11) is 0. The van der Waals surface area contributed by atoms with Crippen molar-refractivity contribution in [2.75, 3.05) is 0 Å². The molecule has 0 amide bonds. The van der Waals surface area contributed by atoms with E-state index in [1.807, 2.05) is 0 Å². The van der Waals surface area contributed by atoms with E-state index in [1.54, 1.807) is 0 Å². The molecule has 0 aliphatic rings. The quantitative estimate of drug-likeness (QED) is 0.487. The van der Waals surface area contributed by atoms with Gasteiger partial charge in [-0.1, -0.05) is 60.2 Å². The predicted octanol–water partition coefficient (Wildman–Crippen LogP) is 5.64. The average molecular weight is 246 g/mol. The zero-order valence-electron chi connectivity index (χ0n) is 11.7. The van der Waals surface area contributed by atoms with Crippen molar-refractivity contribution in [1.29, 1.82) is 0 Å². The van der Waals surface area contributed by atoms with Crippen LogP contribution in [0.2, 0.25) is 0 Å². The van der Waals surface area contributed by atoms with Crippen LogP contribution in [0.5, 0.6) is 0 Å². The third-order valence-electron chi connectivity index (χ3n) is 3.82. The van der Waals surface area contributed by atoms with Crippen LogP contribution >= 0.6 is 0 Å². The molecule has 0 aromatic heterocycles. The maximum Gasteiger partial charge on any atom is -0.00990 e. The predicted molar refractivity (Wildman–Crippen MR) is 85.6 cm³/mol. The maximum atomic E-state index is 2.30. The molecule has 0 saturated heterocycles. The van der Waals surface area contributed by atoms with Gasteiger partial charge in [-0.15, -0.1) is 0 Å². The van der Waals surface area contributed by atoms with Gasteiger partial charge < -0.3 is 0 Å². The lowest BCUT2D eigenvalue weighted by Crippen LogP contribution is -1.89. The zero-order chi connectivity index (χ0) is 13.4. The minimum atomic E-state index is 1.31. The van der Waals surface area contributed by atoms with Crippen LogP contribution in [-0.2, 0) is 0 Å². The summed E-state index contributed by atoms with van der Waals surface area (Å²) in [5, 5.41) is 5.41. The van der Waals surface area contributed by atoms with Crippen LogP contribution in [0.4, 0.5) is 0 Å². The number of rotatable bonds is 1. The van der Waals surface area contributed by atoms with Crippen molar-refractivity contribution in [2.24, 2.45) is 0 Å². The highest BCUT2D eigenvalue weighted by molar-refractivity contribution is 6.12. The van der Waals surface area contributed by atoms with Gasteiger partial charge in [-0.25, -0.2) is 0 Å². The molecule has 0 aliphatic carbocycles. The van der Waals surface area contributed by atoms with Gasteiger partial charge in [0.05, 0.1) is 0 Å². The largest absolute Gasteiger partial charge is 0.0870 e. The van der Waals surface area contributed by atoms with Crippen LogP contribution in [0.25, 0.3) is 27.6 Å². The second-order valence-electron chi connectivity index (χ2n) is 5.13. The molecule has 0 aliphatic heterocycles. The Morgan fingerprint density at radius 1 is 0.789 bits per heavy atom. The average Bonchev–Trinajstić information content (AvgIpc) is 2.43. The van der Waals surface area contributed by atoms with E-state index in [-0.39, 0.29) is 0 Å². The minimum Gasteiger partial charge on any atom is -0.0870 e. The van der Waals surface area contributed by atoms with Gasteiger partial charge in [0.1, 0.15) is 0 Å². The molecule has 0 heteroatoms. The molecule has 0 atom stereocenters. The van der Waals surface area contributed by atoms with E-state index in [1.165, 1.54) is 38.2 Å². The Balaban J connectivity index is 2.61. The number of allylic oxidation sites excluding steroid dienone is 1. The van der Waals surface area contributed by atoms with E-state index in [9.17, 15) is 0 Å². The van der Waals surface area contributed by atoms with Gasteiger partial charge in [0, 0.05) is 0 Å². The first kappa shape index (κ1) is 12.0. The Kier molecular flexibility index (Phi) is 2.87. The molecule has 0 unspecified atom stereocenters.